The van der Waals surface area contributed by atoms with E-state index < -0.39 is 0 Å². The first-order valence-electron chi connectivity index (χ1n) is 8.26. The van der Waals surface area contributed by atoms with Gasteiger partial charge in [0, 0.05) is 23.7 Å². The molecule has 0 spiro atoms. The summed E-state index contributed by atoms with van der Waals surface area (Å²) in [5, 5.41) is 0. The fourth-order valence-corrected chi connectivity index (χ4v) is 3.60. The molecule has 0 bridgehead atoms. The zero-order valence-electron chi connectivity index (χ0n) is 14.4. The average Bonchev–Trinajstić information content (AvgIpc) is 2.38. The minimum atomic E-state index is 0.162. The van der Waals surface area contributed by atoms with Gasteiger partial charge in [-0.25, -0.2) is 0 Å². The summed E-state index contributed by atoms with van der Waals surface area (Å²) in [5.74, 6) is 0. The summed E-state index contributed by atoms with van der Waals surface area (Å²) in [7, 11) is 2.29. The van der Waals surface area contributed by atoms with E-state index in [1.807, 2.05) is 12.1 Å². The Morgan fingerprint density at radius 3 is 2.19 bits per heavy atom. The van der Waals surface area contributed by atoms with E-state index >= 15 is 0 Å². The third kappa shape index (κ3) is 4.23. The maximum absolute atomic E-state index is 5.80. The molecule has 1 aliphatic carbocycles. The molecule has 0 heterocycles. The van der Waals surface area contributed by atoms with Gasteiger partial charge in [0.2, 0.25) is 0 Å². The molecule has 0 aliphatic heterocycles. The first-order chi connectivity index (χ1) is 9.70. The van der Waals surface area contributed by atoms with E-state index in [9.17, 15) is 0 Å². The molecule has 1 aliphatic rings. The van der Waals surface area contributed by atoms with Gasteiger partial charge >= 0.3 is 0 Å². The number of nitrogens with zero attached hydrogens (tertiary/aromatic N) is 1. The van der Waals surface area contributed by atoms with Gasteiger partial charge in [0.15, 0.2) is 0 Å². The van der Waals surface area contributed by atoms with Crippen LogP contribution in [-0.2, 0) is 5.41 Å². The second-order valence-corrected chi connectivity index (χ2v) is 8.32. The standard InChI is InChI=1S/C19H32N2/c1-18(2)12-10-17(11-13-18)21(5)14-19(3,4)15-6-8-16(20)9-7-15/h6-9,17H,10-14,20H2,1-5H3. The van der Waals surface area contributed by atoms with Crippen LogP contribution < -0.4 is 5.73 Å². The van der Waals surface area contributed by atoms with Gasteiger partial charge in [0.05, 0.1) is 0 Å². The average molecular weight is 288 g/mol. The molecule has 0 aromatic heterocycles. The van der Waals surface area contributed by atoms with Crippen LogP contribution in [0, 0.1) is 5.41 Å². The predicted molar refractivity (Wildman–Crippen MR) is 92.5 cm³/mol. The van der Waals surface area contributed by atoms with Crippen molar-refractivity contribution in [3.05, 3.63) is 29.8 Å². The maximum Gasteiger partial charge on any atom is 0.0314 e. The second kappa shape index (κ2) is 6.00. The van der Waals surface area contributed by atoms with Crippen molar-refractivity contribution in [2.45, 2.75) is 64.8 Å². The molecule has 2 nitrogen and oxygen atoms in total. The Hall–Kier alpha value is -1.02. The van der Waals surface area contributed by atoms with E-state index in [1.165, 1.54) is 31.2 Å². The van der Waals surface area contributed by atoms with Crippen LogP contribution >= 0.6 is 0 Å². The van der Waals surface area contributed by atoms with E-state index in [0.717, 1.165) is 18.3 Å². The molecule has 0 amide bonds. The fraction of sp³-hybridized carbons (Fsp3) is 0.684. The lowest BCUT2D eigenvalue weighted by atomic mass is 9.75. The molecule has 0 saturated heterocycles. The number of nitrogens with two attached hydrogens (primary N) is 1. The van der Waals surface area contributed by atoms with Gasteiger partial charge in [-0.2, -0.15) is 0 Å². The molecule has 118 valence electrons. The summed E-state index contributed by atoms with van der Waals surface area (Å²) in [6.07, 6.45) is 5.37. The van der Waals surface area contributed by atoms with Crippen molar-refractivity contribution < 1.29 is 0 Å². The van der Waals surface area contributed by atoms with Crippen molar-refractivity contribution in [3.8, 4) is 0 Å². The first-order valence-corrected chi connectivity index (χ1v) is 8.26. The van der Waals surface area contributed by atoms with Crippen molar-refractivity contribution >= 4 is 5.69 Å². The normalized spacial score (nSPS) is 19.9. The van der Waals surface area contributed by atoms with Gasteiger partial charge in [0.25, 0.3) is 0 Å². The Labute approximate surface area is 130 Å². The van der Waals surface area contributed by atoms with Crippen LogP contribution in [0.2, 0.25) is 0 Å². The van der Waals surface area contributed by atoms with Crippen LogP contribution in [0.25, 0.3) is 0 Å². The van der Waals surface area contributed by atoms with Crippen LogP contribution in [0.5, 0.6) is 0 Å². The van der Waals surface area contributed by atoms with Gasteiger partial charge in [0.1, 0.15) is 0 Å². The zero-order valence-corrected chi connectivity index (χ0v) is 14.4. The minimum absolute atomic E-state index is 0.162. The summed E-state index contributed by atoms with van der Waals surface area (Å²) in [4.78, 5) is 2.57. The monoisotopic (exact) mass is 288 g/mol. The van der Waals surface area contributed by atoms with Crippen LogP contribution in [-0.4, -0.2) is 24.5 Å². The van der Waals surface area contributed by atoms with Crippen LogP contribution in [0.4, 0.5) is 5.69 Å². The minimum Gasteiger partial charge on any atom is -0.399 e. The lowest BCUT2D eigenvalue weighted by Crippen LogP contribution is -2.43. The maximum atomic E-state index is 5.80. The molecule has 2 rings (SSSR count). The lowest BCUT2D eigenvalue weighted by Gasteiger charge is -2.41. The fourth-order valence-electron chi connectivity index (χ4n) is 3.60. The highest BCUT2D eigenvalue weighted by atomic mass is 15.1. The molecule has 0 unspecified atom stereocenters. The molecule has 1 saturated carbocycles. The Balaban J connectivity index is 1.98. The quantitative estimate of drug-likeness (QED) is 0.830. The molecule has 0 atom stereocenters. The molecular weight excluding hydrogens is 256 g/mol. The first kappa shape index (κ1) is 16.4. The number of hydrogen-bond donors (Lipinski definition) is 1. The molecule has 1 aromatic carbocycles. The van der Waals surface area contributed by atoms with Gasteiger partial charge in [-0.05, 0) is 55.8 Å². The van der Waals surface area contributed by atoms with Gasteiger partial charge in [-0.3, -0.25) is 0 Å². The Morgan fingerprint density at radius 1 is 1.14 bits per heavy atom. The topological polar surface area (TPSA) is 29.3 Å². The van der Waals surface area contributed by atoms with Crippen molar-refractivity contribution in [2.75, 3.05) is 19.3 Å². The number of likely N-dealkylation sites (N-methyl/N-ethyl adjacent to an activating group) is 1. The molecule has 1 aromatic rings. The number of benzene rings is 1. The summed E-state index contributed by atoms with van der Waals surface area (Å²) in [6, 6.07) is 9.12. The number of nitrogen functional groups attached to an aromatic ring is 1. The second-order valence-electron chi connectivity index (χ2n) is 8.32. The van der Waals surface area contributed by atoms with Crippen molar-refractivity contribution in [1.82, 2.24) is 4.90 Å². The summed E-state index contributed by atoms with van der Waals surface area (Å²) in [6.45, 7) is 10.6. The largest absolute Gasteiger partial charge is 0.399 e. The number of anilines is 1. The summed E-state index contributed by atoms with van der Waals surface area (Å²) in [5.41, 5.74) is 8.73. The van der Waals surface area contributed by atoms with E-state index in [0.29, 0.717) is 5.41 Å². The molecular formula is C19H32N2. The molecule has 0 radical (unpaired) electrons. The Morgan fingerprint density at radius 2 is 1.67 bits per heavy atom. The van der Waals surface area contributed by atoms with E-state index in [-0.39, 0.29) is 5.41 Å². The smallest absolute Gasteiger partial charge is 0.0314 e. The Kier molecular flexibility index (Phi) is 4.67. The third-order valence-electron chi connectivity index (χ3n) is 5.27. The SMILES string of the molecule is CN(CC(C)(C)c1ccc(N)cc1)C1CCC(C)(C)CC1. The van der Waals surface area contributed by atoms with Crippen molar-refractivity contribution in [3.63, 3.8) is 0 Å². The van der Waals surface area contributed by atoms with Crippen LogP contribution in [0.3, 0.4) is 0 Å². The van der Waals surface area contributed by atoms with Gasteiger partial charge < -0.3 is 10.6 Å². The van der Waals surface area contributed by atoms with Crippen LogP contribution in [0.15, 0.2) is 24.3 Å². The molecule has 21 heavy (non-hydrogen) atoms. The molecule has 2 N–H and O–H groups in total. The van der Waals surface area contributed by atoms with E-state index in [1.54, 1.807) is 0 Å². The highest BCUT2D eigenvalue weighted by molar-refractivity contribution is 5.41. The lowest BCUT2D eigenvalue weighted by molar-refractivity contribution is 0.112. The summed E-state index contributed by atoms with van der Waals surface area (Å²) < 4.78 is 0. The Bertz CT molecular complexity index is 449. The number of rotatable bonds is 4. The van der Waals surface area contributed by atoms with Crippen LogP contribution in [0.1, 0.15) is 58.9 Å². The van der Waals surface area contributed by atoms with Gasteiger partial charge in [-0.1, -0.05) is 39.8 Å². The highest BCUT2D eigenvalue weighted by Gasteiger charge is 2.31. The predicted octanol–water partition coefficient (Wildman–Crippen LogP) is 4.45. The van der Waals surface area contributed by atoms with E-state index in [2.05, 4.69) is 51.8 Å². The molecule has 1 fully saturated rings. The molecule has 2 heteroatoms. The van der Waals surface area contributed by atoms with E-state index in [4.69, 9.17) is 5.73 Å². The third-order valence-corrected chi connectivity index (χ3v) is 5.27. The highest BCUT2D eigenvalue weighted by Crippen LogP contribution is 2.37. The zero-order chi connectivity index (χ0) is 15.7. The summed E-state index contributed by atoms with van der Waals surface area (Å²) >= 11 is 0. The van der Waals surface area contributed by atoms with Crippen molar-refractivity contribution in [1.29, 1.82) is 0 Å². The van der Waals surface area contributed by atoms with Crippen molar-refractivity contribution in [2.24, 2.45) is 5.41 Å². The number of hydrogen-bond acceptors (Lipinski definition) is 2. The van der Waals surface area contributed by atoms with Gasteiger partial charge in [-0.15, -0.1) is 0 Å².